The van der Waals surface area contributed by atoms with Crippen molar-refractivity contribution >= 4 is 0 Å². The third-order valence-electron chi connectivity index (χ3n) is 4.27. The highest BCUT2D eigenvalue weighted by Crippen LogP contribution is 2.57. The van der Waals surface area contributed by atoms with Crippen LogP contribution in [0.4, 0.5) is 0 Å². The van der Waals surface area contributed by atoms with Crippen LogP contribution in [0.5, 0.6) is 5.75 Å². The summed E-state index contributed by atoms with van der Waals surface area (Å²) in [6.07, 6.45) is 4.20. The predicted octanol–water partition coefficient (Wildman–Crippen LogP) is 3.08. The standard InChI is InChI=1S/C17H20N2O/c1-18-16(15-14(20-2)9-6-12-19-15)17(10-11-17)13-7-4-3-5-8-13/h3-9,12,16,18H,10-11H2,1-2H3. The molecule has 1 heterocycles. The summed E-state index contributed by atoms with van der Waals surface area (Å²) >= 11 is 0. The summed E-state index contributed by atoms with van der Waals surface area (Å²) in [5.41, 5.74) is 2.53. The Balaban J connectivity index is 2.02. The fourth-order valence-electron chi connectivity index (χ4n) is 3.12. The molecule has 1 fully saturated rings. The second-order valence-corrected chi connectivity index (χ2v) is 5.33. The number of hydrogen-bond donors (Lipinski definition) is 1. The van der Waals surface area contributed by atoms with Gasteiger partial charge in [-0.15, -0.1) is 0 Å². The van der Waals surface area contributed by atoms with Crippen LogP contribution >= 0.6 is 0 Å². The first-order valence-corrected chi connectivity index (χ1v) is 7.03. The second kappa shape index (κ2) is 5.25. The highest BCUT2D eigenvalue weighted by molar-refractivity contribution is 5.40. The summed E-state index contributed by atoms with van der Waals surface area (Å²) in [5, 5.41) is 3.45. The lowest BCUT2D eigenvalue weighted by Crippen LogP contribution is -2.30. The van der Waals surface area contributed by atoms with Crippen LogP contribution in [0.1, 0.15) is 30.1 Å². The molecule has 20 heavy (non-hydrogen) atoms. The third-order valence-corrected chi connectivity index (χ3v) is 4.27. The SMILES string of the molecule is CNC(c1ncccc1OC)C1(c2ccccc2)CC1. The number of aromatic nitrogens is 1. The van der Waals surface area contributed by atoms with Crippen LogP contribution in [-0.2, 0) is 5.41 Å². The maximum Gasteiger partial charge on any atom is 0.142 e. The van der Waals surface area contributed by atoms with Crippen LogP contribution < -0.4 is 10.1 Å². The Bertz CT molecular complexity index is 579. The maximum atomic E-state index is 5.48. The number of pyridine rings is 1. The Kier molecular flexibility index (Phi) is 3.45. The molecule has 1 aliphatic rings. The quantitative estimate of drug-likeness (QED) is 0.905. The molecule has 0 spiro atoms. The van der Waals surface area contributed by atoms with Crippen LogP contribution in [-0.4, -0.2) is 19.1 Å². The summed E-state index contributed by atoms with van der Waals surface area (Å²) in [5.74, 6) is 0.856. The molecule has 1 N–H and O–H groups in total. The smallest absolute Gasteiger partial charge is 0.142 e. The van der Waals surface area contributed by atoms with Gasteiger partial charge in [-0.1, -0.05) is 30.3 Å². The molecule has 1 aliphatic carbocycles. The first-order valence-electron chi connectivity index (χ1n) is 7.03. The number of rotatable bonds is 5. The highest BCUT2D eigenvalue weighted by atomic mass is 16.5. The average Bonchev–Trinajstić information content (AvgIpc) is 3.31. The van der Waals surface area contributed by atoms with Gasteiger partial charge >= 0.3 is 0 Å². The normalized spacial score (nSPS) is 17.5. The van der Waals surface area contributed by atoms with Crippen molar-refractivity contribution < 1.29 is 4.74 Å². The van der Waals surface area contributed by atoms with Gasteiger partial charge in [0.2, 0.25) is 0 Å². The van der Waals surface area contributed by atoms with E-state index >= 15 is 0 Å². The number of nitrogens with one attached hydrogen (secondary N) is 1. The number of likely N-dealkylation sites (N-methyl/N-ethyl adjacent to an activating group) is 1. The number of nitrogens with zero attached hydrogens (tertiary/aromatic N) is 1. The van der Waals surface area contributed by atoms with E-state index in [0.717, 1.165) is 11.4 Å². The van der Waals surface area contributed by atoms with Gasteiger partial charge in [-0.3, -0.25) is 4.98 Å². The van der Waals surface area contributed by atoms with Crippen molar-refractivity contribution in [2.75, 3.05) is 14.2 Å². The van der Waals surface area contributed by atoms with Crippen LogP contribution in [0.25, 0.3) is 0 Å². The molecule has 1 saturated carbocycles. The Morgan fingerprint density at radius 3 is 2.50 bits per heavy atom. The van der Waals surface area contributed by atoms with Crippen molar-refractivity contribution in [3.63, 3.8) is 0 Å². The van der Waals surface area contributed by atoms with Gasteiger partial charge in [0.05, 0.1) is 13.2 Å². The molecule has 1 atom stereocenters. The van der Waals surface area contributed by atoms with Gasteiger partial charge in [0, 0.05) is 11.6 Å². The Morgan fingerprint density at radius 1 is 1.15 bits per heavy atom. The van der Waals surface area contributed by atoms with E-state index < -0.39 is 0 Å². The summed E-state index contributed by atoms with van der Waals surface area (Å²) in [6.45, 7) is 0. The first kappa shape index (κ1) is 13.1. The molecule has 3 rings (SSSR count). The van der Waals surface area contributed by atoms with E-state index in [1.807, 2.05) is 25.4 Å². The van der Waals surface area contributed by atoms with Crippen molar-refractivity contribution in [2.45, 2.75) is 24.3 Å². The van der Waals surface area contributed by atoms with Gasteiger partial charge in [0.15, 0.2) is 0 Å². The second-order valence-electron chi connectivity index (χ2n) is 5.33. The molecule has 3 nitrogen and oxygen atoms in total. The van der Waals surface area contributed by atoms with Crippen LogP contribution in [0.2, 0.25) is 0 Å². The lowest BCUT2D eigenvalue weighted by atomic mass is 9.85. The summed E-state index contributed by atoms with van der Waals surface area (Å²) in [4.78, 5) is 4.56. The number of methoxy groups -OCH3 is 1. The Hall–Kier alpha value is -1.87. The van der Waals surface area contributed by atoms with Gasteiger partial charge in [0.25, 0.3) is 0 Å². The van der Waals surface area contributed by atoms with E-state index in [4.69, 9.17) is 4.74 Å². The lowest BCUT2D eigenvalue weighted by molar-refractivity contribution is 0.379. The molecule has 1 unspecified atom stereocenters. The van der Waals surface area contributed by atoms with Crippen LogP contribution in [0.15, 0.2) is 48.7 Å². The summed E-state index contributed by atoms with van der Waals surface area (Å²) in [7, 11) is 3.71. The van der Waals surface area contributed by atoms with Crippen LogP contribution in [0, 0.1) is 0 Å². The average molecular weight is 268 g/mol. The highest BCUT2D eigenvalue weighted by Gasteiger charge is 2.51. The Labute approximate surface area is 120 Å². The molecule has 2 aromatic rings. The minimum atomic E-state index is 0.150. The fourth-order valence-corrected chi connectivity index (χ4v) is 3.12. The number of hydrogen-bond acceptors (Lipinski definition) is 3. The first-order chi connectivity index (χ1) is 9.81. The molecule has 0 aliphatic heterocycles. The van der Waals surface area contributed by atoms with Crippen LogP contribution in [0.3, 0.4) is 0 Å². The monoisotopic (exact) mass is 268 g/mol. The molecule has 1 aromatic carbocycles. The largest absolute Gasteiger partial charge is 0.495 e. The van der Waals surface area contributed by atoms with Gasteiger partial charge in [-0.05, 0) is 37.6 Å². The van der Waals surface area contributed by atoms with Gasteiger partial charge in [0.1, 0.15) is 11.4 Å². The molecular formula is C17H20N2O. The molecule has 3 heteroatoms. The predicted molar refractivity (Wildman–Crippen MR) is 79.9 cm³/mol. The third kappa shape index (κ3) is 2.08. The topological polar surface area (TPSA) is 34.2 Å². The van der Waals surface area contributed by atoms with Gasteiger partial charge in [-0.2, -0.15) is 0 Å². The van der Waals surface area contributed by atoms with E-state index in [1.54, 1.807) is 7.11 Å². The molecule has 1 aromatic heterocycles. The maximum absolute atomic E-state index is 5.48. The Morgan fingerprint density at radius 2 is 1.90 bits per heavy atom. The van der Waals surface area contributed by atoms with Crippen molar-refractivity contribution in [1.82, 2.24) is 10.3 Å². The van der Waals surface area contributed by atoms with E-state index in [-0.39, 0.29) is 11.5 Å². The van der Waals surface area contributed by atoms with E-state index in [2.05, 4.69) is 40.6 Å². The van der Waals surface area contributed by atoms with Crippen molar-refractivity contribution in [2.24, 2.45) is 0 Å². The van der Waals surface area contributed by atoms with Gasteiger partial charge < -0.3 is 10.1 Å². The lowest BCUT2D eigenvalue weighted by Gasteiger charge is -2.28. The number of ether oxygens (including phenoxy) is 1. The van der Waals surface area contributed by atoms with E-state index in [9.17, 15) is 0 Å². The zero-order valence-electron chi connectivity index (χ0n) is 12.0. The van der Waals surface area contributed by atoms with Crippen molar-refractivity contribution in [1.29, 1.82) is 0 Å². The van der Waals surface area contributed by atoms with Gasteiger partial charge in [-0.25, -0.2) is 0 Å². The van der Waals surface area contributed by atoms with Crippen molar-refractivity contribution in [3.8, 4) is 5.75 Å². The molecular weight excluding hydrogens is 248 g/mol. The summed E-state index contributed by atoms with van der Waals surface area (Å²) < 4.78 is 5.48. The molecule has 0 radical (unpaired) electrons. The molecule has 0 amide bonds. The number of benzene rings is 1. The van der Waals surface area contributed by atoms with Crippen molar-refractivity contribution in [3.05, 3.63) is 59.9 Å². The zero-order valence-corrected chi connectivity index (χ0v) is 12.0. The van der Waals surface area contributed by atoms with E-state index in [1.165, 1.54) is 18.4 Å². The molecule has 104 valence electrons. The molecule has 0 bridgehead atoms. The van der Waals surface area contributed by atoms with E-state index in [0.29, 0.717) is 0 Å². The molecule has 0 saturated heterocycles. The minimum absolute atomic E-state index is 0.150. The minimum Gasteiger partial charge on any atom is -0.495 e. The zero-order chi connectivity index (χ0) is 14.0. The summed E-state index contributed by atoms with van der Waals surface area (Å²) in [6, 6.07) is 14.8. The fraction of sp³-hybridized carbons (Fsp3) is 0.353.